The van der Waals surface area contributed by atoms with Crippen LogP contribution in [0.25, 0.3) is 0 Å². The average Bonchev–Trinajstić information content (AvgIpc) is 3.21. The van der Waals surface area contributed by atoms with Crippen LogP contribution in [0.3, 0.4) is 0 Å². The van der Waals surface area contributed by atoms with Crippen LogP contribution in [-0.4, -0.2) is 41.8 Å². The molecule has 0 aromatic rings. The summed E-state index contributed by atoms with van der Waals surface area (Å²) < 4.78 is 37.8. The maximum atomic E-state index is 12.6. The van der Waals surface area contributed by atoms with Gasteiger partial charge in [0.25, 0.3) is 0 Å². The van der Waals surface area contributed by atoms with Crippen LogP contribution in [0.15, 0.2) is 0 Å². The second-order valence-electron chi connectivity index (χ2n) is 6.76. The molecule has 2 fully saturated rings. The highest BCUT2D eigenvalue weighted by Gasteiger charge is 2.50. The lowest BCUT2D eigenvalue weighted by atomic mass is 9.81. The normalized spacial score (nSPS) is 31.5. The van der Waals surface area contributed by atoms with Crippen molar-refractivity contribution in [2.45, 2.75) is 70.1 Å². The molecule has 1 unspecified atom stereocenters. The standard InChI is InChI=1S/C15H27F3N2/c1-4-14(5-2)10-19-13(3,12-6-7-12)11-20(14)9-8-15(16,17)18/h12,19H,4-11H2,1-3H3. The lowest BCUT2D eigenvalue weighted by Gasteiger charge is -2.54. The molecular weight excluding hydrogens is 265 g/mol. The van der Waals surface area contributed by atoms with Crippen molar-refractivity contribution < 1.29 is 13.2 Å². The van der Waals surface area contributed by atoms with E-state index in [4.69, 9.17) is 0 Å². The van der Waals surface area contributed by atoms with Crippen molar-refractivity contribution in [3.05, 3.63) is 0 Å². The summed E-state index contributed by atoms with van der Waals surface area (Å²) in [4.78, 5) is 2.12. The first-order valence-corrected chi connectivity index (χ1v) is 7.81. The van der Waals surface area contributed by atoms with Crippen molar-refractivity contribution in [1.82, 2.24) is 10.2 Å². The second kappa shape index (κ2) is 5.48. The van der Waals surface area contributed by atoms with Crippen LogP contribution >= 0.6 is 0 Å². The Morgan fingerprint density at radius 1 is 1.20 bits per heavy atom. The summed E-state index contributed by atoms with van der Waals surface area (Å²) in [6, 6.07) is 0. The summed E-state index contributed by atoms with van der Waals surface area (Å²) in [5.74, 6) is 0.641. The first-order chi connectivity index (χ1) is 9.25. The number of hydrogen-bond donors (Lipinski definition) is 1. The minimum atomic E-state index is -4.06. The Labute approximate surface area is 120 Å². The van der Waals surface area contributed by atoms with E-state index in [2.05, 4.69) is 31.0 Å². The Morgan fingerprint density at radius 3 is 2.25 bits per heavy atom. The lowest BCUT2D eigenvalue weighted by Crippen LogP contribution is -2.69. The van der Waals surface area contributed by atoms with Crippen molar-refractivity contribution in [2.75, 3.05) is 19.6 Å². The zero-order valence-corrected chi connectivity index (χ0v) is 12.8. The van der Waals surface area contributed by atoms with Gasteiger partial charge in [-0.2, -0.15) is 13.2 Å². The van der Waals surface area contributed by atoms with E-state index in [1.165, 1.54) is 12.8 Å². The van der Waals surface area contributed by atoms with Gasteiger partial charge < -0.3 is 5.32 Å². The van der Waals surface area contributed by atoms with Crippen molar-refractivity contribution in [3.8, 4) is 0 Å². The molecule has 2 aliphatic rings. The predicted octanol–water partition coefficient (Wildman–Crippen LogP) is 3.57. The van der Waals surface area contributed by atoms with Crippen LogP contribution in [-0.2, 0) is 0 Å². The molecule has 5 heteroatoms. The molecule has 1 atom stereocenters. The van der Waals surface area contributed by atoms with Crippen molar-refractivity contribution >= 4 is 0 Å². The van der Waals surface area contributed by atoms with E-state index in [0.29, 0.717) is 5.92 Å². The van der Waals surface area contributed by atoms with Gasteiger partial charge >= 0.3 is 6.18 Å². The number of nitrogens with zero attached hydrogens (tertiary/aromatic N) is 1. The Hall–Kier alpha value is -0.290. The van der Waals surface area contributed by atoms with Crippen molar-refractivity contribution in [2.24, 2.45) is 5.92 Å². The molecule has 1 N–H and O–H groups in total. The van der Waals surface area contributed by atoms with Gasteiger partial charge in [-0.15, -0.1) is 0 Å². The van der Waals surface area contributed by atoms with E-state index in [1.54, 1.807) is 0 Å². The monoisotopic (exact) mass is 292 g/mol. The Morgan fingerprint density at radius 2 is 1.80 bits per heavy atom. The summed E-state index contributed by atoms with van der Waals surface area (Å²) >= 11 is 0. The second-order valence-corrected chi connectivity index (χ2v) is 6.76. The van der Waals surface area contributed by atoms with Gasteiger partial charge in [-0.3, -0.25) is 4.90 Å². The Kier molecular flexibility index (Phi) is 4.41. The van der Waals surface area contributed by atoms with Crippen LogP contribution in [0.2, 0.25) is 0 Å². The Bertz CT molecular complexity index is 335. The van der Waals surface area contributed by atoms with Crippen LogP contribution < -0.4 is 5.32 Å². The summed E-state index contributed by atoms with van der Waals surface area (Å²) in [5, 5.41) is 3.65. The van der Waals surface area contributed by atoms with E-state index >= 15 is 0 Å². The van der Waals surface area contributed by atoms with Crippen LogP contribution in [0.4, 0.5) is 13.2 Å². The van der Waals surface area contributed by atoms with Gasteiger partial charge in [0, 0.05) is 30.7 Å². The Balaban J connectivity index is 2.10. The maximum absolute atomic E-state index is 12.6. The summed E-state index contributed by atoms with van der Waals surface area (Å²) in [5.41, 5.74) is -0.112. The molecule has 0 amide bonds. The number of alkyl halides is 3. The van der Waals surface area contributed by atoms with E-state index in [0.717, 1.165) is 25.9 Å². The highest BCUT2D eigenvalue weighted by molar-refractivity contribution is 5.08. The zero-order valence-electron chi connectivity index (χ0n) is 12.8. The topological polar surface area (TPSA) is 15.3 Å². The fraction of sp³-hybridized carbons (Fsp3) is 1.00. The molecule has 0 bridgehead atoms. The molecule has 1 saturated heterocycles. The smallest absolute Gasteiger partial charge is 0.308 e. The summed E-state index contributed by atoms with van der Waals surface area (Å²) in [6.07, 6.45) is -0.544. The largest absolute Gasteiger partial charge is 0.390 e. The number of nitrogens with one attached hydrogen (secondary N) is 1. The minimum absolute atomic E-state index is 0.000557. The average molecular weight is 292 g/mol. The van der Waals surface area contributed by atoms with Gasteiger partial charge in [-0.25, -0.2) is 0 Å². The van der Waals surface area contributed by atoms with Gasteiger partial charge in [0.15, 0.2) is 0 Å². The molecule has 0 aromatic heterocycles. The number of halogens is 3. The molecule has 20 heavy (non-hydrogen) atoms. The summed E-state index contributed by atoms with van der Waals surface area (Å²) in [7, 11) is 0. The van der Waals surface area contributed by atoms with E-state index in [9.17, 15) is 13.2 Å². The third-order valence-corrected chi connectivity index (χ3v) is 5.47. The van der Waals surface area contributed by atoms with E-state index in [1.807, 2.05) is 0 Å². The summed E-state index contributed by atoms with van der Waals surface area (Å²) in [6.45, 7) is 8.05. The predicted molar refractivity (Wildman–Crippen MR) is 74.7 cm³/mol. The first-order valence-electron chi connectivity index (χ1n) is 7.81. The number of rotatable bonds is 5. The third-order valence-electron chi connectivity index (χ3n) is 5.47. The molecule has 1 aliphatic heterocycles. The highest BCUT2D eigenvalue weighted by Crippen LogP contribution is 2.43. The van der Waals surface area contributed by atoms with Crippen molar-refractivity contribution in [1.29, 1.82) is 0 Å². The van der Waals surface area contributed by atoms with Gasteiger partial charge in [0.05, 0.1) is 6.42 Å². The van der Waals surface area contributed by atoms with Gasteiger partial charge in [0.2, 0.25) is 0 Å². The quantitative estimate of drug-likeness (QED) is 0.833. The fourth-order valence-corrected chi connectivity index (χ4v) is 3.62. The molecule has 0 spiro atoms. The van der Waals surface area contributed by atoms with Gasteiger partial charge in [-0.1, -0.05) is 13.8 Å². The lowest BCUT2D eigenvalue weighted by molar-refractivity contribution is -0.145. The highest BCUT2D eigenvalue weighted by atomic mass is 19.4. The fourth-order valence-electron chi connectivity index (χ4n) is 3.62. The molecular formula is C15H27F3N2. The van der Waals surface area contributed by atoms with Crippen LogP contribution in [0.5, 0.6) is 0 Å². The molecule has 0 radical (unpaired) electrons. The molecule has 0 aromatic carbocycles. The van der Waals surface area contributed by atoms with Crippen LogP contribution in [0, 0.1) is 5.92 Å². The maximum Gasteiger partial charge on any atom is 0.390 e. The molecule has 2 nitrogen and oxygen atoms in total. The first kappa shape index (κ1) is 16.1. The van der Waals surface area contributed by atoms with E-state index in [-0.39, 0.29) is 17.6 Å². The van der Waals surface area contributed by atoms with Gasteiger partial charge in [0.1, 0.15) is 0 Å². The zero-order chi connectivity index (χ0) is 15.0. The van der Waals surface area contributed by atoms with Crippen LogP contribution in [0.1, 0.15) is 52.9 Å². The molecule has 1 heterocycles. The van der Waals surface area contributed by atoms with Crippen molar-refractivity contribution in [3.63, 3.8) is 0 Å². The minimum Gasteiger partial charge on any atom is -0.308 e. The number of piperazine rings is 1. The molecule has 1 saturated carbocycles. The SMILES string of the molecule is CCC1(CC)CNC(C)(C2CC2)CN1CCC(F)(F)F. The molecule has 118 valence electrons. The molecule has 1 aliphatic carbocycles. The van der Waals surface area contributed by atoms with Gasteiger partial charge in [-0.05, 0) is 38.5 Å². The third kappa shape index (κ3) is 3.30. The molecule has 2 rings (SSSR count). The van der Waals surface area contributed by atoms with E-state index < -0.39 is 12.6 Å². The number of hydrogen-bond acceptors (Lipinski definition) is 2.